The van der Waals surface area contributed by atoms with E-state index in [1.807, 2.05) is 0 Å². The lowest BCUT2D eigenvalue weighted by molar-refractivity contribution is 1.28. The molecule has 4 nitrogen and oxygen atoms in total. The third-order valence-electron chi connectivity index (χ3n) is 7.62. The van der Waals surface area contributed by atoms with E-state index in [-0.39, 0.29) is 0 Å². The monoisotopic (exact) mass is 458 g/mol. The van der Waals surface area contributed by atoms with Gasteiger partial charge in [-0.1, -0.05) is 72.8 Å². The highest BCUT2D eigenvalue weighted by molar-refractivity contribution is 6.14. The largest absolute Gasteiger partial charge is 0.289 e. The van der Waals surface area contributed by atoms with Crippen LogP contribution in [0, 0.1) is 0 Å². The Kier molecular flexibility index (Phi) is 3.25. The van der Waals surface area contributed by atoms with Crippen LogP contribution in [-0.4, -0.2) is 18.8 Å². The molecule has 0 aliphatic carbocycles. The summed E-state index contributed by atoms with van der Waals surface area (Å²) in [7, 11) is 0. The first kappa shape index (κ1) is 18.4. The molecule has 0 radical (unpaired) electrons. The first-order valence-electron chi connectivity index (χ1n) is 12.2. The van der Waals surface area contributed by atoms with Crippen molar-refractivity contribution in [3.8, 4) is 0 Å². The van der Waals surface area contributed by atoms with Crippen molar-refractivity contribution in [2.75, 3.05) is 0 Å². The van der Waals surface area contributed by atoms with E-state index in [1.54, 1.807) is 0 Å². The van der Waals surface area contributed by atoms with Crippen LogP contribution in [0.5, 0.6) is 0 Å². The van der Waals surface area contributed by atoms with Crippen LogP contribution in [0.4, 0.5) is 0 Å². The molecule has 0 aliphatic rings. The van der Waals surface area contributed by atoms with E-state index in [4.69, 9.17) is 9.97 Å². The topological polar surface area (TPSA) is 34.6 Å². The minimum Gasteiger partial charge on any atom is -0.289 e. The van der Waals surface area contributed by atoms with Crippen molar-refractivity contribution in [1.29, 1.82) is 0 Å². The SMILES string of the molecule is c1ccc2c(c1)ccc1ccc3nc4ccc5nc6ccc7ccc8ccccc8c7n6c5c4n3c12. The Labute approximate surface area is 204 Å². The fourth-order valence-corrected chi connectivity index (χ4v) is 6.07. The lowest BCUT2D eigenvalue weighted by Gasteiger charge is -2.10. The molecule has 0 saturated heterocycles. The van der Waals surface area contributed by atoms with Crippen molar-refractivity contribution in [3.63, 3.8) is 0 Å². The summed E-state index contributed by atoms with van der Waals surface area (Å²) in [4.78, 5) is 10.1. The summed E-state index contributed by atoms with van der Waals surface area (Å²) in [6.45, 7) is 0. The highest BCUT2D eigenvalue weighted by atomic mass is 15.1. The Morgan fingerprint density at radius 3 is 1.28 bits per heavy atom. The lowest BCUT2D eigenvalue weighted by atomic mass is 10.1. The van der Waals surface area contributed by atoms with Gasteiger partial charge in [0.15, 0.2) is 0 Å². The second-order valence-corrected chi connectivity index (χ2v) is 9.53. The van der Waals surface area contributed by atoms with Gasteiger partial charge in [0.05, 0.1) is 33.1 Å². The molecule has 36 heavy (non-hydrogen) atoms. The first-order chi connectivity index (χ1) is 17.8. The summed E-state index contributed by atoms with van der Waals surface area (Å²) in [6.07, 6.45) is 0. The highest BCUT2D eigenvalue weighted by Gasteiger charge is 2.18. The maximum absolute atomic E-state index is 5.07. The van der Waals surface area contributed by atoms with E-state index >= 15 is 0 Å². The number of hydrogen-bond acceptors (Lipinski definition) is 2. The fourth-order valence-electron chi connectivity index (χ4n) is 6.07. The van der Waals surface area contributed by atoms with E-state index in [2.05, 4.69) is 118 Å². The van der Waals surface area contributed by atoms with Crippen LogP contribution in [0.2, 0.25) is 0 Å². The Morgan fingerprint density at radius 1 is 0.361 bits per heavy atom. The van der Waals surface area contributed by atoms with Crippen LogP contribution in [0.3, 0.4) is 0 Å². The molecule has 0 saturated carbocycles. The normalized spacial score (nSPS) is 12.4. The van der Waals surface area contributed by atoms with Crippen molar-refractivity contribution in [1.82, 2.24) is 18.8 Å². The van der Waals surface area contributed by atoms with Crippen molar-refractivity contribution < 1.29 is 0 Å². The van der Waals surface area contributed by atoms with Gasteiger partial charge in [0.1, 0.15) is 11.3 Å². The summed E-state index contributed by atoms with van der Waals surface area (Å²) in [5.41, 5.74) is 8.39. The summed E-state index contributed by atoms with van der Waals surface area (Å²) in [6, 6.07) is 38.8. The molecule has 9 rings (SSSR count). The van der Waals surface area contributed by atoms with Crippen LogP contribution in [-0.2, 0) is 0 Å². The van der Waals surface area contributed by atoms with Gasteiger partial charge in [0, 0.05) is 10.8 Å². The standard InChI is InChI=1S/C32H18N4/c1-3-7-23-19(5-1)9-11-21-13-17-27-33-25-15-16-26-32(31(25)35(27)29(21)23)36-28(34-26)18-14-22-12-10-20-6-2-4-8-24(20)30(22)36/h1-18H. The molecule has 0 N–H and O–H groups in total. The summed E-state index contributed by atoms with van der Waals surface area (Å²) in [5.74, 6) is 0. The van der Waals surface area contributed by atoms with Crippen LogP contribution in [0.15, 0.2) is 109 Å². The number of benzene rings is 5. The predicted molar refractivity (Wildman–Crippen MR) is 149 cm³/mol. The molecule has 166 valence electrons. The zero-order valence-corrected chi connectivity index (χ0v) is 19.2. The molecule has 0 unspecified atom stereocenters. The number of imidazole rings is 2. The average Bonchev–Trinajstić information content (AvgIpc) is 3.50. The molecule has 4 aromatic heterocycles. The number of hydrogen-bond donors (Lipinski definition) is 0. The van der Waals surface area contributed by atoms with Crippen LogP contribution in [0.1, 0.15) is 0 Å². The van der Waals surface area contributed by atoms with Gasteiger partial charge in [-0.25, -0.2) is 9.97 Å². The molecule has 0 spiro atoms. The molecule has 4 heteroatoms. The summed E-state index contributed by atoms with van der Waals surface area (Å²) < 4.78 is 4.68. The highest BCUT2D eigenvalue weighted by Crippen LogP contribution is 2.35. The van der Waals surface area contributed by atoms with E-state index < -0.39 is 0 Å². The van der Waals surface area contributed by atoms with Crippen molar-refractivity contribution >= 4 is 76.7 Å². The predicted octanol–water partition coefficient (Wildman–Crippen LogP) is 7.90. The van der Waals surface area contributed by atoms with Gasteiger partial charge >= 0.3 is 0 Å². The molecular formula is C32H18N4. The number of pyridine rings is 2. The molecular weight excluding hydrogens is 440 g/mol. The second kappa shape index (κ2) is 6.37. The third kappa shape index (κ3) is 2.19. The number of fused-ring (bicyclic) bond motifs is 15. The van der Waals surface area contributed by atoms with Crippen molar-refractivity contribution in [2.24, 2.45) is 0 Å². The molecule has 0 aliphatic heterocycles. The molecule has 5 aromatic carbocycles. The maximum atomic E-state index is 5.07. The minimum absolute atomic E-state index is 0.946. The van der Waals surface area contributed by atoms with Crippen molar-refractivity contribution in [3.05, 3.63) is 109 Å². The molecule has 0 amide bonds. The van der Waals surface area contributed by atoms with E-state index in [9.17, 15) is 0 Å². The zero-order valence-electron chi connectivity index (χ0n) is 19.2. The summed E-state index contributed by atoms with van der Waals surface area (Å²) in [5, 5.41) is 7.28. The first-order valence-corrected chi connectivity index (χ1v) is 12.2. The van der Waals surface area contributed by atoms with Gasteiger partial charge in [0.25, 0.3) is 0 Å². The number of rotatable bonds is 0. The Bertz CT molecular complexity index is 2200. The molecule has 0 atom stereocenters. The van der Waals surface area contributed by atoms with Gasteiger partial charge in [-0.05, 0) is 57.9 Å². The Balaban J connectivity index is 1.64. The molecule has 0 fully saturated rings. The van der Waals surface area contributed by atoms with Crippen LogP contribution in [0.25, 0.3) is 76.7 Å². The van der Waals surface area contributed by atoms with Gasteiger partial charge in [0.2, 0.25) is 0 Å². The summed E-state index contributed by atoms with van der Waals surface area (Å²) >= 11 is 0. The molecule has 4 heterocycles. The molecule has 9 aromatic rings. The van der Waals surface area contributed by atoms with Gasteiger partial charge < -0.3 is 0 Å². The lowest BCUT2D eigenvalue weighted by Crippen LogP contribution is -1.94. The fraction of sp³-hybridized carbons (Fsp3) is 0. The zero-order chi connectivity index (χ0) is 23.4. The van der Waals surface area contributed by atoms with Gasteiger partial charge in [-0.2, -0.15) is 0 Å². The maximum Gasteiger partial charge on any atom is 0.138 e. The van der Waals surface area contributed by atoms with Crippen LogP contribution < -0.4 is 0 Å². The van der Waals surface area contributed by atoms with E-state index in [0.717, 1.165) is 33.4 Å². The van der Waals surface area contributed by atoms with Gasteiger partial charge in [-0.15, -0.1) is 0 Å². The van der Waals surface area contributed by atoms with E-state index in [0.29, 0.717) is 0 Å². The quantitative estimate of drug-likeness (QED) is 0.216. The van der Waals surface area contributed by atoms with Crippen LogP contribution >= 0.6 is 0 Å². The number of nitrogens with zero attached hydrogens (tertiary/aromatic N) is 4. The Morgan fingerprint density at radius 2 is 0.778 bits per heavy atom. The second-order valence-electron chi connectivity index (χ2n) is 9.53. The number of aromatic nitrogens is 4. The van der Waals surface area contributed by atoms with E-state index in [1.165, 1.54) is 43.4 Å². The van der Waals surface area contributed by atoms with Crippen molar-refractivity contribution in [2.45, 2.75) is 0 Å². The minimum atomic E-state index is 0.946. The third-order valence-corrected chi connectivity index (χ3v) is 7.62. The van der Waals surface area contributed by atoms with Gasteiger partial charge in [-0.3, -0.25) is 8.80 Å². The average molecular weight is 459 g/mol. The Hall–Kier alpha value is -4.96. The smallest absolute Gasteiger partial charge is 0.138 e. The molecule has 0 bridgehead atoms.